The number of hydrogen-bond acceptors (Lipinski definition) is 7. The maximum Gasteiger partial charge on any atom is 0.247 e. The topological polar surface area (TPSA) is 102 Å². The molecule has 5 atom stereocenters. The Balaban J connectivity index is 1.08. The molecule has 0 saturated carbocycles. The van der Waals surface area contributed by atoms with E-state index in [0.29, 0.717) is 30.8 Å². The van der Waals surface area contributed by atoms with Gasteiger partial charge >= 0.3 is 0 Å². The summed E-state index contributed by atoms with van der Waals surface area (Å²) in [5.74, 6) is 1.00. The van der Waals surface area contributed by atoms with Crippen LogP contribution in [-0.2, 0) is 22.5 Å². The molecule has 0 spiro atoms. The highest BCUT2D eigenvalue weighted by atomic mass is 28.3. The van der Waals surface area contributed by atoms with Crippen molar-refractivity contribution in [1.29, 1.82) is 0 Å². The van der Waals surface area contributed by atoms with Crippen molar-refractivity contribution < 1.29 is 19.4 Å². The van der Waals surface area contributed by atoms with E-state index in [2.05, 4.69) is 66.7 Å². The first kappa shape index (κ1) is 37.4. The highest BCUT2D eigenvalue weighted by Crippen LogP contribution is 2.46. The number of hydrogen-bond donors (Lipinski definition) is 1. The molecule has 1 unspecified atom stereocenters. The lowest BCUT2D eigenvalue weighted by Crippen LogP contribution is -2.50. The fraction of sp³-hybridized carbons (Fsp3) is 0.364. The van der Waals surface area contributed by atoms with Gasteiger partial charge < -0.3 is 14.6 Å². The molecule has 2 aliphatic heterocycles. The number of carbonyl (C=O) groups excluding carboxylic acids is 1. The summed E-state index contributed by atoms with van der Waals surface area (Å²) in [7, 11) is -0.344. The number of carbonyl (C=O) groups is 1. The number of aryl methyl sites for hydroxylation is 2. The van der Waals surface area contributed by atoms with Crippen LogP contribution < -0.4 is 14.9 Å². The Hall–Kier alpha value is -4.90. The van der Waals surface area contributed by atoms with Gasteiger partial charge in [-0.25, -0.2) is 5.01 Å². The average Bonchev–Trinajstić information content (AvgIpc) is 3.81. The molecular weight excluding hydrogens is 691 g/mol. The van der Waals surface area contributed by atoms with Crippen LogP contribution in [0.2, 0.25) is 18.6 Å². The van der Waals surface area contributed by atoms with Gasteiger partial charge in [0.2, 0.25) is 5.91 Å². The predicted molar refractivity (Wildman–Crippen MR) is 216 cm³/mol. The molecule has 1 N–H and O–H groups in total. The van der Waals surface area contributed by atoms with Crippen molar-refractivity contribution in [1.82, 2.24) is 15.0 Å². The quantitative estimate of drug-likeness (QED) is 0.120. The number of ether oxygens (including phenoxy) is 2. The van der Waals surface area contributed by atoms with Crippen LogP contribution in [0.3, 0.4) is 0 Å². The Morgan fingerprint density at radius 1 is 0.907 bits per heavy atom. The number of hydrazone groups is 1. The number of aliphatic hydroxyl groups excluding tert-OH is 1. The number of amides is 1. The second kappa shape index (κ2) is 16.6. The molecule has 280 valence electrons. The first-order valence-electron chi connectivity index (χ1n) is 19.2. The molecule has 0 bridgehead atoms. The molecule has 1 saturated heterocycles. The van der Waals surface area contributed by atoms with Gasteiger partial charge in [-0.15, -0.1) is 5.10 Å². The number of methoxy groups -OCH3 is 1. The number of anilines is 1. The van der Waals surface area contributed by atoms with Gasteiger partial charge in [-0.2, -0.15) is 5.10 Å². The molecule has 7 rings (SSSR count). The highest BCUT2D eigenvalue weighted by molar-refractivity contribution is 6.91. The smallest absolute Gasteiger partial charge is 0.247 e. The van der Waals surface area contributed by atoms with E-state index in [0.717, 1.165) is 58.8 Å². The summed E-state index contributed by atoms with van der Waals surface area (Å²) in [6.45, 7) is 7.95. The predicted octanol–water partition coefficient (Wildman–Crippen LogP) is 7.35. The van der Waals surface area contributed by atoms with E-state index in [4.69, 9.17) is 14.6 Å². The number of aromatic nitrogens is 3. The van der Waals surface area contributed by atoms with Crippen LogP contribution in [0.25, 0.3) is 0 Å². The molecule has 1 amide bonds. The molecule has 4 aromatic carbocycles. The summed E-state index contributed by atoms with van der Waals surface area (Å²) >= 11 is 0. The molecule has 5 aromatic rings. The molecule has 54 heavy (non-hydrogen) atoms. The van der Waals surface area contributed by atoms with Crippen LogP contribution in [0.5, 0.6) is 5.75 Å². The zero-order valence-electron chi connectivity index (χ0n) is 31.7. The van der Waals surface area contributed by atoms with E-state index in [-0.39, 0.29) is 30.6 Å². The summed E-state index contributed by atoms with van der Waals surface area (Å²) in [5, 5.41) is 27.0. The third kappa shape index (κ3) is 8.11. The molecule has 0 radical (unpaired) electrons. The van der Waals surface area contributed by atoms with Gasteiger partial charge in [0.15, 0.2) is 0 Å². The van der Waals surface area contributed by atoms with Crippen molar-refractivity contribution in [3.8, 4) is 5.75 Å². The minimum atomic E-state index is -2.05. The van der Waals surface area contributed by atoms with E-state index in [1.807, 2.05) is 83.7 Å². The van der Waals surface area contributed by atoms with Crippen LogP contribution in [0.1, 0.15) is 60.9 Å². The number of benzene rings is 4. The van der Waals surface area contributed by atoms with Crippen molar-refractivity contribution >= 4 is 30.6 Å². The zero-order valence-corrected chi connectivity index (χ0v) is 32.7. The van der Waals surface area contributed by atoms with E-state index in [1.54, 1.807) is 12.1 Å². The number of rotatable bonds is 14. The van der Waals surface area contributed by atoms with Crippen molar-refractivity contribution in [2.45, 2.75) is 82.3 Å². The van der Waals surface area contributed by atoms with Crippen molar-refractivity contribution in [2.75, 3.05) is 18.7 Å². The minimum absolute atomic E-state index is 0.0161. The molecule has 10 heteroatoms. The van der Waals surface area contributed by atoms with E-state index >= 15 is 0 Å². The molecule has 0 aliphatic carbocycles. The average molecular weight is 742 g/mol. The minimum Gasteiger partial charge on any atom is -0.497 e. The second-order valence-corrected chi connectivity index (χ2v) is 19.9. The van der Waals surface area contributed by atoms with E-state index in [1.165, 1.54) is 5.19 Å². The third-order valence-corrected chi connectivity index (χ3v) is 15.9. The molecule has 1 aromatic heterocycles. The maximum absolute atomic E-state index is 13.1. The Labute approximate surface area is 319 Å². The number of aliphatic hydroxyl groups is 1. The molecule has 1 fully saturated rings. The summed E-state index contributed by atoms with van der Waals surface area (Å²) in [5.41, 5.74) is 6.11. The monoisotopic (exact) mass is 741 g/mol. The molecular formula is C44H51N5O4Si. The van der Waals surface area contributed by atoms with Crippen LogP contribution in [0, 0.1) is 5.92 Å². The maximum atomic E-state index is 13.1. The molecule has 3 heterocycles. The standard InChI is InChI=1S/C44H51N5O4Si/c1-31-41(24-18-32-12-11-17-35(28-32)49-43(51)25-23-39(46-49)34-15-9-6-10-16-34)53-42(44(31)54(3,4)37-21-19-36(52-2)20-22-37)26-27-48-29-40(45-47-48)38(30-50)33-13-7-5-8-14-33/h5-17,19-22,28-29,31,38,41-42,44,50H,18,23-27,30H2,1-4H3/t31-,38?,41+,42-,44+/m0/s1. The van der Waals surface area contributed by atoms with Gasteiger partial charge in [0, 0.05) is 25.6 Å². The van der Waals surface area contributed by atoms with Crippen molar-refractivity contribution in [3.63, 3.8) is 0 Å². The van der Waals surface area contributed by atoms with Crippen LogP contribution in [-0.4, -0.2) is 65.7 Å². The Morgan fingerprint density at radius 2 is 1.65 bits per heavy atom. The lowest BCUT2D eigenvalue weighted by atomic mass is 9.95. The Morgan fingerprint density at radius 3 is 2.37 bits per heavy atom. The van der Waals surface area contributed by atoms with Gasteiger partial charge in [-0.1, -0.05) is 115 Å². The van der Waals surface area contributed by atoms with Crippen LogP contribution >= 0.6 is 0 Å². The van der Waals surface area contributed by atoms with Gasteiger partial charge in [-0.3, -0.25) is 9.48 Å². The normalized spacial score (nSPS) is 20.9. The zero-order chi connectivity index (χ0) is 37.7. The first-order valence-corrected chi connectivity index (χ1v) is 22.2. The lowest BCUT2D eigenvalue weighted by molar-refractivity contribution is -0.118. The van der Waals surface area contributed by atoms with Gasteiger partial charge in [0.05, 0.1) is 57.0 Å². The van der Waals surface area contributed by atoms with E-state index in [9.17, 15) is 9.90 Å². The third-order valence-electron chi connectivity index (χ3n) is 11.5. The summed E-state index contributed by atoms with van der Waals surface area (Å²) in [4.78, 5) is 13.1. The molecule has 9 nitrogen and oxygen atoms in total. The van der Waals surface area contributed by atoms with E-state index < -0.39 is 8.07 Å². The first-order chi connectivity index (χ1) is 26.2. The number of nitrogens with zero attached hydrogens (tertiary/aromatic N) is 5. The van der Waals surface area contributed by atoms with Crippen LogP contribution in [0.15, 0.2) is 120 Å². The second-order valence-electron chi connectivity index (χ2n) is 15.2. The summed E-state index contributed by atoms with van der Waals surface area (Å²) in [6.07, 6.45) is 5.69. The summed E-state index contributed by atoms with van der Waals surface area (Å²) < 4.78 is 14.5. The summed E-state index contributed by atoms with van der Waals surface area (Å²) in [6, 6.07) is 37.0. The highest BCUT2D eigenvalue weighted by Gasteiger charge is 2.50. The van der Waals surface area contributed by atoms with Crippen LogP contribution in [0.4, 0.5) is 5.69 Å². The van der Waals surface area contributed by atoms with Crippen molar-refractivity contribution in [3.05, 3.63) is 138 Å². The van der Waals surface area contributed by atoms with Gasteiger partial charge in [0.1, 0.15) is 5.75 Å². The van der Waals surface area contributed by atoms with Gasteiger partial charge in [-0.05, 0) is 71.7 Å². The molecule has 2 aliphatic rings. The Kier molecular flexibility index (Phi) is 11.5. The van der Waals surface area contributed by atoms with Gasteiger partial charge in [0.25, 0.3) is 0 Å². The Bertz CT molecular complexity index is 2040. The van der Waals surface area contributed by atoms with Crippen molar-refractivity contribution in [2.24, 2.45) is 11.0 Å². The fourth-order valence-electron chi connectivity index (χ4n) is 8.56. The fourth-order valence-corrected chi connectivity index (χ4v) is 12.7. The SMILES string of the molecule is COc1ccc([Si](C)(C)[C@@H]2[C@@H](C)[C@@H](CCc3cccc(N4N=C(c5ccccc5)CCC4=O)c3)O[C@H]2CCn2cc(C(CO)c3ccccc3)nn2)cc1. The lowest BCUT2D eigenvalue weighted by Gasteiger charge is -2.36. The largest absolute Gasteiger partial charge is 0.497 e.